The number of halogens is 1. The first kappa shape index (κ1) is 16.4. The molecule has 0 aromatic heterocycles. The number of amides is 1. The number of likely N-dealkylation sites (tertiary alicyclic amines) is 1. The van der Waals surface area contributed by atoms with Gasteiger partial charge in [-0.25, -0.2) is 4.39 Å². The topological polar surface area (TPSA) is 32.3 Å². The van der Waals surface area contributed by atoms with Gasteiger partial charge in [-0.3, -0.25) is 4.79 Å². The van der Waals surface area contributed by atoms with Gasteiger partial charge in [0.25, 0.3) is 0 Å². The van der Waals surface area contributed by atoms with Crippen molar-refractivity contribution in [3.05, 3.63) is 35.6 Å². The third kappa shape index (κ3) is 4.31. The number of carbonyl (C=O) groups is 1. The van der Waals surface area contributed by atoms with Gasteiger partial charge in [-0.05, 0) is 68.7 Å². The zero-order valence-electron chi connectivity index (χ0n) is 13.8. The molecule has 126 valence electrons. The van der Waals surface area contributed by atoms with Crippen molar-refractivity contribution in [1.82, 2.24) is 10.2 Å². The molecule has 1 N–H and O–H groups in total. The first-order chi connectivity index (χ1) is 11.2. The highest BCUT2D eigenvalue weighted by atomic mass is 19.1. The molecule has 4 heteroatoms. The summed E-state index contributed by atoms with van der Waals surface area (Å²) in [6.07, 6.45) is 5.77. The maximum absolute atomic E-state index is 13.6. The SMILES string of the molecule is O=C(CCc1ccccc1F)N1CCC(C2CCCNC2)CC1. The molecule has 2 aliphatic rings. The van der Waals surface area contributed by atoms with Crippen LogP contribution in [0.4, 0.5) is 4.39 Å². The second-order valence-electron chi connectivity index (χ2n) is 6.92. The van der Waals surface area contributed by atoms with Crippen LogP contribution in [0.1, 0.15) is 37.7 Å². The molecule has 2 saturated heterocycles. The van der Waals surface area contributed by atoms with E-state index < -0.39 is 0 Å². The van der Waals surface area contributed by atoms with E-state index in [2.05, 4.69) is 5.32 Å². The number of piperidine rings is 2. The van der Waals surface area contributed by atoms with E-state index in [1.54, 1.807) is 12.1 Å². The Kier molecular flexibility index (Phi) is 5.65. The molecule has 1 aromatic carbocycles. The molecule has 0 bridgehead atoms. The Bertz CT molecular complexity index is 520. The van der Waals surface area contributed by atoms with Gasteiger partial charge >= 0.3 is 0 Å². The Balaban J connectivity index is 1.44. The van der Waals surface area contributed by atoms with Crippen LogP contribution in [0.2, 0.25) is 0 Å². The molecule has 1 amide bonds. The van der Waals surface area contributed by atoms with Crippen LogP contribution in [-0.4, -0.2) is 37.0 Å². The lowest BCUT2D eigenvalue weighted by molar-refractivity contribution is -0.132. The van der Waals surface area contributed by atoms with Crippen LogP contribution in [0.25, 0.3) is 0 Å². The number of hydrogen-bond donors (Lipinski definition) is 1. The van der Waals surface area contributed by atoms with Gasteiger partial charge in [0, 0.05) is 19.5 Å². The Morgan fingerprint density at radius 1 is 1.17 bits per heavy atom. The monoisotopic (exact) mass is 318 g/mol. The summed E-state index contributed by atoms with van der Waals surface area (Å²) in [5, 5.41) is 3.49. The first-order valence-corrected chi connectivity index (χ1v) is 8.96. The second kappa shape index (κ2) is 7.91. The number of benzene rings is 1. The summed E-state index contributed by atoms with van der Waals surface area (Å²) >= 11 is 0. The summed E-state index contributed by atoms with van der Waals surface area (Å²) in [6, 6.07) is 6.74. The Hall–Kier alpha value is -1.42. The summed E-state index contributed by atoms with van der Waals surface area (Å²) < 4.78 is 13.6. The highest BCUT2D eigenvalue weighted by Crippen LogP contribution is 2.29. The largest absolute Gasteiger partial charge is 0.343 e. The molecule has 3 rings (SSSR count). The molecule has 2 fully saturated rings. The average molecular weight is 318 g/mol. The van der Waals surface area contributed by atoms with Crippen LogP contribution in [0.15, 0.2) is 24.3 Å². The van der Waals surface area contributed by atoms with E-state index >= 15 is 0 Å². The molecule has 0 radical (unpaired) electrons. The molecule has 2 aliphatic heterocycles. The van der Waals surface area contributed by atoms with E-state index in [1.807, 2.05) is 11.0 Å². The number of hydrogen-bond acceptors (Lipinski definition) is 2. The van der Waals surface area contributed by atoms with Gasteiger partial charge in [-0.15, -0.1) is 0 Å². The molecule has 3 nitrogen and oxygen atoms in total. The molecule has 0 saturated carbocycles. The van der Waals surface area contributed by atoms with Crippen LogP contribution in [-0.2, 0) is 11.2 Å². The number of aryl methyl sites for hydroxylation is 1. The summed E-state index contributed by atoms with van der Waals surface area (Å²) in [5.41, 5.74) is 0.643. The second-order valence-corrected chi connectivity index (χ2v) is 6.92. The van der Waals surface area contributed by atoms with Crippen molar-refractivity contribution in [2.24, 2.45) is 11.8 Å². The Morgan fingerprint density at radius 3 is 2.65 bits per heavy atom. The number of nitrogens with zero attached hydrogens (tertiary/aromatic N) is 1. The molecular formula is C19H27FN2O. The lowest BCUT2D eigenvalue weighted by atomic mass is 9.80. The lowest BCUT2D eigenvalue weighted by Gasteiger charge is -2.37. The zero-order chi connectivity index (χ0) is 16.1. The van der Waals surface area contributed by atoms with Crippen LogP contribution < -0.4 is 5.32 Å². The summed E-state index contributed by atoms with van der Waals surface area (Å²) in [5.74, 6) is 1.52. The van der Waals surface area contributed by atoms with E-state index in [0.717, 1.165) is 50.9 Å². The predicted octanol–water partition coefficient (Wildman–Crippen LogP) is 3.00. The highest BCUT2D eigenvalue weighted by molar-refractivity contribution is 5.76. The number of carbonyl (C=O) groups excluding carboxylic acids is 1. The van der Waals surface area contributed by atoms with E-state index in [0.29, 0.717) is 18.4 Å². The summed E-state index contributed by atoms with van der Waals surface area (Å²) in [4.78, 5) is 14.3. The standard InChI is InChI=1S/C19H27FN2O/c20-18-6-2-1-4-16(18)7-8-19(23)22-12-9-15(10-13-22)17-5-3-11-21-14-17/h1-2,4,6,15,17,21H,3,5,7-14H2. The van der Waals surface area contributed by atoms with Crippen molar-refractivity contribution in [2.45, 2.75) is 38.5 Å². The van der Waals surface area contributed by atoms with Crippen molar-refractivity contribution in [2.75, 3.05) is 26.2 Å². The smallest absolute Gasteiger partial charge is 0.222 e. The van der Waals surface area contributed by atoms with Crippen LogP contribution in [0.5, 0.6) is 0 Å². The van der Waals surface area contributed by atoms with Crippen molar-refractivity contribution in [3.8, 4) is 0 Å². The fourth-order valence-electron chi connectivity index (χ4n) is 4.00. The molecule has 1 atom stereocenters. The zero-order valence-corrected chi connectivity index (χ0v) is 13.8. The van der Waals surface area contributed by atoms with E-state index in [9.17, 15) is 9.18 Å². The third-order valence-electron chi connectivity index (χ3n) is 5.46. The van der Waals surface area contributed by atoms with Gasteiger partial charge in [-0.2, -0.15) is 0 Å². The van der Waals surface area contributed by atoms with Gasteiger partial charge < -0.3 is 10.2 Å². The van der Waals surface area contributed by atoms with Crippen molar-refractivity contribution >= 4 is 5.91 Å². The van der Waals surface area contributed by atoms with Gasteiger partial charge in [0.1, 0.15) is 5.82 Å². The Labute approximate surface area is 138 Å². The van der Waals surface area contributed by atoms with Crippen LogP contribution in [0, 0.1) is 17.7 Å². The van der Waals surface area contributed by atoms with Crippen molar-refractivity contribution < 1.29 is 9.18 Å². The predicted molar refractivity (Wildman–Crippen MR) is 89.6 cm³/mol. The van der Waals surface area contributed by atoms with Gasteiger partial charge in [0.15, 0.2) is 0 Å². The molecule has 0 aliphatic carbocycles. The maximum Gasteiger partial charge on any atom is 0.222 e. The quantitative estimate of drug-likeness (QED) is 0.925. The average Bonchev–Trinajstić information content (AvgIpc) is 2.62. The van der Waals surface area contributed by atoms with Crippen molar-refractivity contribution in [3.63, 3.8) is 0 Å². The fourth-order valence-corrected chi connectivity index (χ4v) is 4.00. The minimum Gasteiger partial charge on any atom is -0.343 e. The van der Waals surface area contributed by atoms with Gasteiger partial charge in [0.2, 0.25) is 5.91 Å². The number of nitrogens with one attached hydrogen (secondary N) is 1. The molecule has 0 spiro atoms. The van der Waals surface area contributed by atoms with Gasteiger partial charge in [0.05, 0.1) is 0 Å². The number of rotatable bonds is 4. The highest BCUT2D eigenvalue weighted by Gasteiger charge is 2.29. The van der Waals surface area contributed by atoms with E-state index in [1.165, 1.54) is 18.9 Å². The molecule has 2 heterocycles. The normalized spacial score (nSPS) is 23.0. The summed E-state index contributed by atoms with van der Waals surface area (Å²) in [6.45, 7) is 4.05. The van der Waals surface area contributed by atoms with E-state index in [-0.39, 0.29) is 11.7 Å². The lowest BCUT2D eigenvalue weighted by Crippen LogP contribution is -2.43. The first-order valence-electron chi connectivity index (χ1n) is 8.96. The fraction of sp³-hybridized carbons (Fsp3) is 0.632. The van der Waals surface area contributed by atoms with Crippen LogP contribution in [0.3, 0.4) is 0 Å². The maximum atomic E-state index is 13.6. The molecule has 1 aromatic rings. The van der Waals surface area contributed by atoms with Crippen LogP contribution >= 0.6 is 0 Å². The Morgan fingerprint density at radius 2 is 1.96 bits per heavy atom. The molecular weight excluding hydrogens is 291 g/mol. The minimum atomic E-state index is -0.205. The minimum absolute atomic E-state index is 0.175. The van der Waals surface area contributed by atoms with Crippen molar-refractivity contribution in [1.29, 1.82) is 0 Å². The van der Waals surface area contributed by atoms with Gasteiger partial charge in [-0.1, -0.05) is 18.2 Å². The summed E-state index contributed by atoms with van der Waals surface area (Å²) in [7, 11) is 0. The molecule has 23 heavy (non-hydrogen) atoms. The van der Waals surface area contributed by atoms with E-state index in [4.69, 9.17) is 0 Å². The third-order valence-corrected chi connectivity index (χ3v) is 5.46. The molecule has 1 unspecified atom stereocenters.